The highest BCUT2D eigenvalue weighted by molar-refractivity contribution is 5.43. The van der Waals surface area contributed by atoms with E-state index in [2.05, 4.69) is 22.2 Å². The van der Waals surface area contributed by atoms with E-state index in [1.54, 1.807) is 6.07 Å². The van der Waals surface area contributed by atoms with Gasteiger partial charge in [0.05, 0.1) is 6.61 Å². The van der Waals surface area contributed by atoms with Crippen LogP contribution in [0.1, 0.15) is 13.3 Å². The van der Waals surface area contributed by atoms with Crippen LogP contribution in [0.2, 0.25) is 0 Å². The summed E-state index contributed by atoms with van der Waals surface area (Å²) in [5, 5.41) is 3.31. The van der Waals surface area contributed by atoms with E-state index in [9.17, 15) is 0 Å². The molecule has 5 heteroatoms. The lowest BCUT2D eigenvalue weighted by Crippen LogP contribution is -2.26. The van der Waals surface area contributed by atoms with Crippen LogP contribution in [0.3, 0.4) is 0 Å². The van der Waals surface area contributed by atoms with Crippen molar-refractivity contribution in [3.05, 3.63) is 12.4 Å². The van der Waals surface area contributed by atoms with Crippen LogP contribution in [-0.4, -0.2) is 29.2 Å². The van der Waals surface area contributed by atoms with Crippen molar-refractivity contribution in [1.29, 1.82) is 0 Å². The molecule has 82 valence electrons. The minimum Gasteiger partial charge on any atom is -0.384 e. The van der Waals surface area contributed by atoms with Gasteiger partial charge in [-0.1, -0.05) is 0 Å². The highest BCUT2D eigenvalue weighted by Gasteiger charge is 2.22. The van der Waals surface area contributed by atoms with Gasteiger partial charge in [-0.05, 0) is 13.3 Å². The zero-order chi connectivity index (χ0) is 10.7. The number of hydrogen-bond acceptors (Lipinski definition) is 5. The second-order valence-electron chi connectivity index (χ2n) is 3.88. The molecule has 0 radical (unpaired) electrons. The first-order valence-corrected chi connectivity index (χ1v) is 5.17. The van der Waals surface area contributed by atoms with Gasteiger partial charge >= 0.3 is 0 Å². The summed E-state index contributed by atoms with van der Waals surface area (Å²) in [5.74, 6) is 1.82. The molecule has 1 aromatic rings. The molecule has 0 saturated carbocycles. The fourth-order valence-corrected chi connectivity index (χ4v) is 1.75. The molecule has 0 spiro atoms. The first-order chi connectivity index (χ1) is 7.25. The lowest BCUT2D eigenvalue weighted by Gasteiger charge is -2.19. The normalized spacial score (nSPS) is 22.6. The van der Waals surface area contributed by atoms with Crippen LogP contribution < -0.4 is 11.1 Å². The molecular formula is C10H16N4O. The van der Waals surface area contributed by atoms with Gasteiger partial charge in [-0.3, -0.25) is 0 Å². The molecule has 1 aliphatic rings. The van der Waals surface area contributed by atoms with E-state index >= 15 is 0 Å². The maximum atomic E-state index is 5.57. The van der Waals surface area contributed by atoms with Gasteiger partial charge in [-0.15, -0.1) is 0 Å². The quantitative estimate of drug-likeness (QED) is 0.772. The Morgan fingerprint density at radius 3 is 3.13 bits per heavy atom. The summed E-state index contributed by atoms with van der Waals surface area (Å²) in [6, 6.07) is 2.09. The van der Waals surface area contributed by atoms with Crippen LogP contribution in [0.15, 0.2) is 12.4 Å². The minimum atomic E-state index is 0.349. The number of nitrogens with two attached hydrogens (primary N) is 1. The molecule has 15 heavy (non-hydrogen) atoms. The maximum absolute atomic E-state index is 5.57. The Bertz CT molecular complexity index is 325. The van der Waals surface area contributed by atoms with E-state index in [1.807, 2.05) is 0 Å². The van der Waals surface area contributed by atoms with Crippen LogP contribution in [0.25, 0.3) is 0 Å². The van der Waals surface area contributed by atoms with E-state index in [1.165, 1.54) is 6.33 Å². The molecule has 1 saturated heterocycles. The van der Waals surface area contributed by atoms with Crippen molar-refractivity contribution >= 4 is 11.6 Å². The molecule has 2 atom stereocenters. The van der Waals surface area contributed by atoms with Crippen LogP contribution >= 0.6 is 0 Å². The first-order valence-electron chi connectivity index (χ1n) is 5.17. The Labute approximate surface area is 89.1 Å². The molecule has 1 aliphatic heterocycles. The summed E-state index contributed by atoms with van der Waals surface area (Å²) in [4.78, 5) is 7.95. The molecule has 0 bridgehead atoms. The number of ether oxygens (including phenoxy) is 1. The third-order valence-corrected chi connectivity index (χ3v) is 2.74. The van der Waals surface area contributed by atoms with Crippen molar-refractivity contribution in [1.82, 2.24) is 9.97 Å². The van der Waals surface area contributed by atoms with E-state index in [-0.39, 0.29) is 0 Å². The van der Waals surface area contributed by atoms with Crippen LogP contribution in [0.5, 0.6) is 0 Å². The predicted octanol–water partition coefficient (Wildman–Crippen LogP) is 0.896. The number of rotatable bonds is 3. The Morgan fingerprint density at radius 1 is 1.60 bits per heavy atom. The van der Waals surface area contributed by atoms with Gasteiger partial charge in [-0.2, -0.15) is 0 Å². The summed E-state index contributed by atoms with van der Waals surface area (Å²) >= 11 is 0. The topological polar surface area (TPSA) is 73.1 Å². The van der Waals surface area contributed by atoms with Crippen molar-refractivity contribution in [3.63, 3.8) is 0 Å². The summed E-state index contributed by atoms with van der Waals surface area (Å²) in [6.07, 6.45) is 2.57. The highest BCUT2D eigenvalue weighted by Crippen LogP contribution is 2.19. The Kier molecular flexibility index (Phi) is 3.01. The van der Waals surface area contributed by atoms with Crippen molar-refractivity contribution in [2.75, 3.05) is 24.3 Å². The monoisotopic (exact) mass is 208 g/mol. The number of nitrogens with one attached hydrogen (secondary N) is 1. The molecule has 5 nitrogen and oxygen atoms in total. The number of nitrogen functional groups attached to an aromatic ring is 1. The van der Waals surface area contributed by atoms with Gasteiger partial charge in [-0.25, -0.2) is 9.97 Å². The average molecular weight is 208 g/mol. The lowest BCUT2D eigenvalue weighted by molar-refractivity contribution is 0.183. The first kappa shape index (κ1) is 10.2. The SMILES string of the molecule is CC(Nc1cc(N)ncn1)C1CCOC1. The summed E-state index contributed by atoms with van der Waals surface area (Å²) in [6.45, 7) is 3.83. The van der Waals surface area contributed by atoms with Gasteiger partial charge < -0.3 is 15.8 Å². The summed E-state index contributed by atoms with van der Waals surface area (Å²) in [7, 11) is 0. The molecule has 0 aliphatic carbocycles. The fourth-order valence-electron chi connectivity index (χ4n) is 1.75. The van der Waals surface area contributed by atoms with Crippen LogP contribution in [-0.2, 0) is 4.74 Å². The Morgan fingerprint density at radius 2 is 2.47 bits per heavy atom. The largest absolute Gasteiger partial charge is 0.384 e. The maximum Gasteiger partial charge on any atom is 0.131 e. The smallest absolute Gasteiger partial charge is 0.131 e. The van der Waals surface area contributed by atoms with Crippen molar-refractivity contribution in [2.45, 2.75) is 19.4 Å². The number of aromatic nitrogens is 2. The zero-order valence-electron chi connectivity index (χ0n) is 8.81. The van der Waals surface area contributed by atoms with Crippen molar-refractivity contribution < 1.29 is 4.74 Å². The molecule has 3 N–H and O–H groups in total. The van der Waals surface area contributed by atoms with E-state index in [0.29, 0.717) is 17.8 Å². The van der Waals surface area contributed by atoms with Crippen LogP contribution in [0, 0.1) is 5.92 Å². The molecule has 1 aromatic heterocycles. The van der Waals surface area contributed by atoms with Gasteiger partial charge in [0.15, 0.2) is 0 Å². The molecular weight excluding hydrogens is 192 g/mol. The van der Waals surface area contributed by atoms with Gasteiger partial charge in [0.25, 0.3) is 0 Å². The molecule has 2 unspecified atom stereocenters. The Balaban J connectivity index is 1.95. The van der Waals surface area contributed by atoms with E-state index in [4.69, 9.17) is 10.5 Å². The van der Waals surface area contributed by atoms with Crippen molar-refractivity contribution in [2.24, 2.45) is 5.92 Å². The van der Waals surface area contributed by atoms with E-state index in [0.717, 1.165) is 25.5 Å². The van der Waals surface area contributed by atoms with Gasteiger partial charge in [0.2, 0.25) is 0 Å². The van der Waals surface area contributed by atoms with Gasteiger partial charge in [0.1, 0.15) is 18.0 Å². The fraction of sp³-hybridized carbons (Fsp3) is 0.600. The number of anilines is 2. The third-order valence-electron chi connectivity index (χ3n) is 2.74. The average Bonchev–Trinajstić information content (AvgIpc) is 2.70. The molecule has 0 aromatic carbocycles. The molecule has 2 rings (SSSR count). The number of nitrogens with zero attached hydrogens (tertiary/aromatic N) is 2. The van der Waals surface area contributed by atoms with Gasteiger partial charge in [0, 0.05) is 24.6 Å². The molecule has 1 fully saturated rings. The standard InChI is InChI=1S/C10H16N4O/c1-7(8-2-3-15-5-8)14-10-4-9(11)12-6-13-10/h4,6-8H,2-3,5H2,1H3,(H3,11,12,13,14). The number of hydrogen-bond donors (Lipinski definition) is 2. The molecule has 0 amide bonds. The summed E-state index contributed by atoms with van der Waals surface area (Å²) < 4.78 is 5.34. The second kappa shape index (κ2) is 4.44. The molecule has 2 heterocycles. The summed E-state index contributed by atoms with van der Waals surface area (Å²) in [5.41, 5.74) is 5.57. The predicted molar refractivity (Wildman–Crippen MR) is 58.5 cm³/mol. The van der Waals surface area contributed by atoms with Crippen LogP contribution in [0.4, 0.5) is 11.6 Å². The van der Waals surface area contributed by atoms with Crippen molar-refractivity contribution in [3.8, 4) is 0 Å². The minimum absolute atomic E-state index is 0.349. The Hall–Kier alpha value is -1.36. The second-order valence-corrected chi connectivity index (χ2v) is 3.88. The third kappa shape index (κ3) is 2.56. The van der Waals surface area contributed by atoms with E-state index < -0.39 is 0 Å². The zero-order valence-corrected chi connectivity index (χ0v) is 8.81. The lowest BCUT2D eigenvalue weighted by atomic mass is 10.0. The highest BCUT2D eigenvalue weighted by atomic mass is 16.5.